The second-order valence-corrected chi connectivity index (χ2v) is 8.56. The van der Waals surface area contributed by atoms with Crippen LogP contribution >= 0.6 is 0 Å². The van der Waals surface area contributed by atoms with Crippen LogP contribution in [0.15, 0.2) is 36.4 Å². The first-order chi connectivity index (χ1) is 14.3. The summed E-state index contributed by atoms with van der Waals surface area (Å²) in [7, 11) is 2.15. The molecule has 2 amide bonds. The van der Waals surface area contributed by atoms with E-state index in [4.69, 9.17) is 9.47 Å². The predicted molar refractivity (Wildman–Crippen MR) is 119 cm³/mol. The normalized spacial score (nSPS) is 16.5. The van der Waals surface area contributed by atoms with Crippen molar-refractivity contribution in [1.29, 1.82) is 0 Å². The molecule has 0 aromatic heterocycles. The van der Waals surface area contributed by atoms with E-state index in [2.05, 4.69) is 39.6 Å². The SMILES string of the molecule is Cc1cc(N2CCN(C)CC2)ccc1NC(=O)NC(C)(C)c1ccc2c(c1)OCO2. The van der Waals surface area contributed by atoms with Gasteiger partial charge in [0.05, 0.1) is 5.54 Å². The third-order valence-corrected chi connectivity index (χ3v) is 5.85. The quantitative estimate of drug-likeness (QED) is 0.807. The van der Waals surface area contributed by atoms with Crippen molar-refractivity contribution in [3.8, 4) is 11.5 Å². The van der Waals surface area contributed by atoms with E-state index in [-0.39, 0.29) is 12.8 Å². The first kappa shape index (κ1) is 20.3. The lowest BCUT2D eigenvalue weighted by Crippen LogP contribution is -2.44. The van der Waals surface area contributed by atoms with Crippen molar-refractivity contribution >= 4 is 17.4 Å². The zero-order valence-corrected chi connectivity index (χ0v) is 18.1. The van der Waals surface area contributed by atoms with Gasteiger partial charge in [0.1, 0.15) is 0 Å². The van der Waals surface area contributed by atoms with Gasteiger partial charge < -0.3 is 29.9 Å². The minimum atomic E-state index is -0.571. The maximum absolute atomic E-state index is 12.7. The van der Waals surface area contributed by atoms with Crippen LogP contribution in [0.1, 0.15) is 25.0 Å². The first-order valence-electron chi connectivity index (χ1n) is 10.4. The van der Waals surface area contributed by atoms with E-state index in [0.29, 0.717) is 5.75 Å². The Labute approximate surface area is 177 Å². The van der Waals surface area contributed by atoms with Gasteiger partial charge in [-0.25, -0.2) is 4.79 Å². The molecule has 0 spiro atoms. The molecular formula is C23H30N4O3. The molecule has 0 radical (unpaired) electrons. The zero-order chi connectivity index (χ0) is 21.3. The fourth-order valence-corrected chi connectivity index (χ4v) is 3.84. The highest BCUT2D eigenvalue weighted by Gasteiger charge is 2.26. The van der Waals surface area contributed by atoms with Gasteiger partial charge in [-0.2, -0.15) is 0 Å². The number of hydrogen-bond donors (Lipinski definition) is 2. The number of ether oxygens (including phenoxy) is 2. The lowest BCUT2D eigenvalue weighted by atomic mass is 9.94. The molecule has 0 saturated carbocycles. The fourth-order valence-electron chi connectivity index (χ4n) is 3.84. The molecule has 160 valence electrons. The van der Waals surface area contributed by atoms with Crippen LogP contribution in [-0.2, 0) is 5.54 Å². The number of piperazine rings is 1. The Hall–Kier alpha value is -2.93. The number of carbonyl (C=O) groups excluding carboxylic acids is 1. The van der Waals surface area contributed by atoms with Crippen molar-refractivity contribution in [1.82, 2.24) is 10.2 Å². The number of hydrogen-bond acceptors (Lipinski definition) is 5. The summed E-state index contributed by atoms with van der Waals surface area (Å²) in [5, 5.41) is 6.05. The summed E-state index contributed by atoms with van der Waals surface area (Å²) in [5.74, 6) is 1.44. The Morgan fingerprint density at radius 2 is 1.73 bits per heavy atom. The van der Waals surface area contributed by atoms with E-state index in [0.717, 1.165) is 48.7 Å². The van der Waals surface area contributed by atoms with Gasteiger partial charge in [0.15, 0.2) is 11.5 Å². The summed E-state index contributed by atoms with van der Waals surface area (Å²) in [6, 6.07) is 11.7. The zero-order valence-electron chi connectivity index (χ0n) is 18.1. The number of fused-ring (bicyclic) bond motifs is 1. The minimum Gasteiger partial charge on any atom is -0.454 e. The Bertz CT molecular complexity index is 936. The second-order valence-electron chi connectivity index (χ2n) is 8.56. The van der Waals surface area contributed by atoms with E-state index in [1.165, 1.54) is 5.69 Å². The number of rotatable bonds is 4. The average Bonchev–Trinajstić information content (AvgIpc) is 3.17. The number of nitrogens with zero attached hydrogens (tertiary/aromatic N) is 2. The van der Waals surface area contributed by atoms with Crippen molar-refractivity contribution in [2.75, 3.05) is 50.2 Å². The number of likely N-dealkylation sites (N-methyl/N-ethyl adjacent to an activating group) is 1. The van der Waals surface area contributed by atoms with Crippen LogP contribution in [0.4, 0.5) is 16.2 Å². The highest BCUT2D eigenvalue weighted by molar-refractivity contribution is 5.91. The highest BCUT2D eigenvalue weighted by Crippen LogP contribution is 2.35. The minimum absolute atomic E-state index is 0.233. The monoisotopic (exact) mass is 410 g/mol. The third kappa shape index (κ3) is 4.31. The topological polar surface area (TPSA) is 66.1 Å². The molecule has 1 fully saturated rings. The van der Waals surface area contributed by atoms with Gasteiger partial charge >= 0.3 is 6.03 Å². The molecule has 0 unspecified atom stereocenters. The number of nitrogens with one attached hydrogen (secondary N) is 2. The van der Waals surface area contributed by atoms with E-state index in [1.807, 2.05) is 45.0 Å². The van der Waals surface area contributed by atoms with Crippen molar-refractivity contribution in [3.63, 3.8) is 0 Å². The molecule has 0 atom stereocenters. The molecule has 1 saturated heterocycles. The molecule has 30 heavy (non-hydrogen) atoms. The molecule has 2 N–H and O–H groups in total. The summed E-state index contributed by atoms with van der Waals surface area (Å²) in [5.41, 5.74) is 3.43. The van der Waals surface area contributed by atoms with E-state index >= 15 is 0 Å². The number of benzene rings is 2. The smallest absolute Gasteiger partial charge is 0.319 e. The van der Waals surface area contributed by atoms with Crippen molar-refractivity contribution < 1.29 is 14.3 Å². The summed E-state index contributed by atoms with van der Waals surface area (Å²) >= 11 is 0. The second kappa shape index (κ2) is 8.07. The molecular weight excluding hydrogens is 380 g/mol. The van der Waals surface area contributed by atoms with Crippen LogP contribution in [-0.4, -0.2) is 51.0 Å². The largest absolute Gasteiger partial charge is 0.454 e. The Morgan fingerprint density at radius 1 is 1.00 bits per heavy atom. The van der Waals surface area contributed by atoms with Crippen LogP contribution in [0.3, 0.4) is 0 Å². The molecule has 7 nitrogen and oxygen atoms in total. The standard InChI is InChI=1S/C23H30N4O3/c1-16-13-18(27-11-9-26(4)10-12-27)6-7-19(16)24-22(28)25-23(2,3)17-5-8-20-21(14-17)30-15-29-20/h5-8,13-14H,9-12,15H2,1-4H3,(H2,24,25,28). The van der Waals surface area contributed by atoms with Crippen molar-refractivity contribution in [2.45, 2.75) is 26.3 Å². The van der Waals surface area contributed by atoms with Gasteiger partial charge in [-0.1, -0.05) is 6.07 Å². The van der Waals surface area contributed by atoms with E-state index < -0.39 is 5.54 Å². The first-order valence-corrected chi connectivity index (χ1v) is 10.4. The van der Waals surface area contributed by atoms with Crippen LogP contribution in [0.25, 0.3) is 0 Å². The lowest BCUT2D eigenvalue weighted by molar-refractivity contribution is 0.174. The maximum atomic E-state index is 12.7. The molecule has 2 aromatic rings. The molecule has 0 bridgehead atoms. The summed E-state index contributed by atoms with van der Waals surface area (Å²) in [4.78, 5) is 17.4. The van der Waals surface area contributed by atoms with Gasteiger partial charge in [0.25, 0.3) is 0 Å². The van der Waals surface area contributed by atoms with Gasteiger partial charge in [0.2, 0.25) is 6.79 Å². The molecule has 4 rings (SSSR count). The van der Waals surface area contributed by atoms with Gasteiger partial charge in [-0.15, -0.1) is 0 Å². The number of urea groups is 1. The molecule has 2 aromatic carbocycles. The molecule has 2 aliphatic rings. The lowest BCUT2D eigenvalue weighted by Gasteiger charge is -2.34. The van der Waals surface area contributed by atoms with Gasteiger partial charge in [-0.3, -0.25) is 0 Å². The molecule has 2 heterocycles. The van der Waals surface area contributed by atoms with Crippen LogP contribution < -0.4 is 25.0 Å². The summed E-state index contributed by atoms with van der Waals surface area (Å²) in [6.45, 7) is 10.4. The van der Waals surface area contributed by atoms with E-state index in [1.54, 1.807) is 0 Å². The number of aryl methyl sites for hydroxylation is 1. The highest BCUT2D eigenvalue weighted by atomic mass is 16.7. The molecule has 2 aliphatic heterocycles. The predicted octanol–water partition coefficient (Wildman–Crippen LogP) is 3.53. The maximum Gasteiger partial charge on any atom is 0.319 e. The summed E-state index contributed by atoms with van der Waals surface area (Å²) in [6.07, 6.45) is 0. The molecule has 0 aliphatic carbocycles. The van der Waals surface area contributed by atoms with E-state index in [9.17, 15) is 4.79 Å². The number of anilines is 2. The van der Waals surface area contributed by atoms with Crippen LogP contribution in [0, 0.1) is 6.92 Å². The van der Waals surface area contributed by atoms with Crippen LogP contribution in [0.2, 0.25) is 0 Å². The van der Waals surface area contributed by atoms with Crippen LogP contribution in [0.5, 0.6) is 11.5 Å². The fraction of sp³-hybridized carbons (Fsp3) is 0.435. The number of carbonyl (C=O) groups is 1. The van der Waals surface area contributed by atoms with Gasteiger partial charge in [-0.05, 0) is 69.3 Å². The third-order valence-electron chi connectivity index (χ3n) is 5.85. The average molecular weight is 411 g/mol. The summed E-state index contributed by atoms with van der Waals surface area (Å²) < 4.78 is 10.8. The van der Waals surface area contributed by atoms with Crippen molar-refractivity contribution in [2.24, 2.45) is 0 Å². The van der Waals surface area contributed by atoms with Crippen molar-refractivity contribution in [3.05, 3.63) is 47.5 Å². The Kier molecular flexibility index (Phi) is 5.47. The Morgan fingerprint density at radius 3 is 2.47 bits per heavy atom. The Balaban J connectivity index is 1.41. The number of amides is 2. The van der Waals surface area contributed by atoms with Gasteiger partial charge in [0, 0.05) is 37.6 Å². The molecule has 7 heteroatoms.